The van der Waals surface area contributed by atoms with Crippen LogP contribution in [0.4, 0.5) is 0 Å². The number of carbonyl (C=O) groups is 2. The van der Waals surface area contributed by atoms with Gasteiger partial charge in [0.15, 0.2) is 5.78 Å². The van der Waals surface area contributed by atoms with E-state index in [2.05, 4.69) is 37.5 Å². The summed E-state index contributed by atoms with van der Waals surface area (Å²) in [5.74, 6) is 0.915. The standard InChI is InChI=1S/C25H30N2O3S/c1-4-26(5-2)13-18-7-9-19(10-8-18)30-15-24-20-14-27(25(29)21(20)16-31-24)22-11-6-17(3)12-23(22)28/h7-10,16,22H,3-6,11-15H2,1-2H3/t22-/m0/s1. The van der Waals surface area contributed by atoms with E-state index >= 15 is 0 Å². The van der Waals surface area contributed by atoms with E-state index in [1.54, 1.807) is 16.2 Å². The third-order valence-corrected chi connectivity index (χ3v) is 7.34. The molecule has 0 saturated heterocycles. The van der Waals surface area contributed by atoms with Gasteiger partial charge in [0.2, 0.25) is 0 Å². The van der Waals surface area contributed by atoms with E-state index < -0.39 is 0 Å². The summed E-state index contributed by atoms with van der Waals surface area (Å²) in [5, 5.41) is 1.91. The maximum atomic E-state index is 12.9. The number of hydrogen-bond donors (Lipinski definition) is 0. The van der Waals surface area contributed by atoms with Gasteiger partial charge in [-0.3, -0.25) is 14.5 Å². The van der Waals surface area contributed by atoms with Gasteiger partial charge in [-0.25, -0.2) is 0 Å². The zero-order chi connectivity index (χ0) is 22.0. The molecule has 1 aliphatic heterocycles. The molecule has 2 aromatic rings. The lowest BCUT2D eigenvalue weighted by Gasteiger charge is -2.30. The fraction of sp³-hybridized carbons (Fsp3) is 0.440. The third kappa shape index (κ3) is 4.60. The molecule has 6 heteroatoms. The summed E-state index contributed by atoms with van der Waals surface area (Å²) in [7, 11) is 0. The Labute approximate surface area is 188 Å². The van der Waals surface area contributed by atoms with Gasteiger partial charge in [-0.2, -0.15) is 0 Å². The SMILES string of the molecule is C=C1CC[C@H](N2Cc3c(csc3COc3ccc(CN(CC)CC)cc3)C2=O)C(=O)C1. The van der Waals surface area contributed by atoms with Crippen LogP contribution in [0, 0.1) is 0 Å². The van der Waals surface area contributed by atoms with Crippen molar-refractivity contribution in [2.24, 2.45) is 0 Å². The second kappa shape index (κ2) is 9.37. The lowest BCUT2D eigenvalue weighted by molar-refractivity contribution is -0.124. The number of fused-ring (bicyclic) bond motifs is 1. The molecule has 2 heterocycles. The highest BCUT2D eigenvalue weighted by Gasteiger charge is 2.39. The zero-order valence-electron chi connectivity index (χ0n) is 18.4. The highest BCUT2D eigenvalue weighted by Crippen LogP contribution is 2.35. The Morgan fingerprint density at radius 1 is 1.19 bits per heavy atom. The molecule has 5 nitrogen and oxygen atoms in total. The van der Waals surface area contributed by atoms with E-state index in [9.17, 15) is 9.59 Å². The molecule has 1 aromatic carbocycles. The minimum atomic E-state index is -0.317. The second-order valence-electron chi connectivity index (χ2n) is 8.33. The van der Waals surface area contributed by atoms with Crippen LogP contribution in [0.5, 0.6) is 5.75 Å². The third-order valence-electron chi connectivity index (χ3n) is 6.34. The Kier molecular flexibility index (Phi) is 6.58. The molecule has 0 bridgehead atoms. The van der Waals surface area contributed by atoms with Crippen molar-refractivity contribution in [1.29, 1.82) is 0 Å². The molecule has 0 spiro atoms. The molecule has 1 amide bonds. The van der Waals surface area contributed by atoms with Gasteiger partial charge in [0, 0.05) is 35.3 Å². The predicted octanol–water partition coefficient (Wildman–Crippen LogP) is 4.80. The van der Waals surface area contributed by atoms with Crippen LogP contribution in [0.1, 0.15) is 59.5 Å². The van der Waals surface area contributed by atoms with E-state index in [-0.39, 0.29) is 17.7 Å². The molecule has 1 saturated carbocycles. The fourth-order valence-electron chi connectivity index (χ4n) is 4.37. The van der Waals surface area contributed by atoms with E-state index in [0.717, 1.165) is 53.4 Å². The number of benzene rings is 1. The average molecular weight is 439 g/mol. The lowest BCUT2D eigenvalue weighted by atomic mass is 9.90. The maximum absolute atomic E-state index is 12.9. The number of allylic oxidation sites excluding steroid dienone is 1. The Hall–Kier alpha value is -2.44. The highest BCUT2D eigenvalue weighted by molar-refractivity contribution is 7.10. The van der Waals surface area contributed by atoms with Crippen molar-refractivity contribution in [1.82, 2.24) is 9.80 Å². The summed E-state index contributed by atoms with van der Waals surface area (Å²) in [6, 6.07) is 7.93. The number of carbonyl (C=O) groups excluding carboxylic acids is 2. The quantitative estimate of drug-likeness (QED) is 0.556. The lowest BCUT2D eigenvalue weighted by Crippen LogP contribution is -2.43. The smallest absolute Gasteiger partial charge is 0.255 e. The van der Waals surface area contributed by atoms with Gasteiger partial charge < -0.3 is 9.64 Å². The topological polar surface area (TPSA) is 49.9 Å². The zero-order valence-corrected chi connectivity index (χ0v) is 19.2. The Morgan fingerprint density at radius 3 is 2.61 bits per heavy atom. The van der Waals surface area contributed by atoms with Crippen LogP contribution < -0.4 is 4.74 Å². The van der Waals surface area contributed by atoms with Gasteiger partial charge in [-0.05, 0) is 43.6 Å². The molecule has 31 heavy (non-hydrogen) atoms. The van der Waals surface area contributed by atoms with Gasteiger partial charge in [0.25, 0.3) is 5.91 Å². The van der Waals surface area contributed by atoms with Crippen LogP contribution in [-0.2, 0) is 24.5 Å². The molecular formula is C25H30N2O3S. The number of thiophene rings is 1. The van der Waals surface area contributed by atoms with Gasteiger partial charge in [-0.1, -0.05) is 38.1 Å². The first-order valence-electron chi connectivity index (χ1n) is 11.0. The Bertz CT molecular complexity index is 975. The summed E-state index contributed by atoms with van der Waals surface area (Å²) >= 11 is 1.56. The minimum absolute atomic E-state index is 0.0240. The molecule has 4 rings (SSSR count). The monoisotopic (exact) mass is 438 g/mol. The van der Waals surface area contributed by atoms with Crippen molar-refractivity contribution in [3.8, 4) is 5.75 Å². The fourth-order valence-corrected chi connectivity index (χ4v) is 5.32. The van der Waals surface area contributed by atoms with E-state index in [1.165, 1.54) is 5.56 Å². The van der Waals surface area contributed by atoms with E-state index in [1.807, 2.05) is 17.5 Å². The van der Waals surface area contributed by atoms with Crippen molar-refractivity contribution in [2.45, 2.75) is 58.8 Å². The number of amides is 1. The summed E-state index contributed by atoms with van der Waals surface area (Å²) in [6.07, 6.45) is 1.89. The number of ether oxygens (including phenoxy) is 1. The van der Waals surface area contributed by atoms with Crippen molar-refractivity contribution in [3.63, 3.8) is 0 Å². The van der Waals surface area contributed by atoms with Gasteiger partial charge in [0.05, 0.1) is 11.6 Å². The molecular weight excluding hydrogens is 408 g/mol. The van der Waals surface area contributed by atoms with Gasteiger partial charge in [-0.15, -0.1) is 11.3 Å². The average Bonchev–Trinajstić information content (AvgIpc) is 3.31. The largest absolute Gasteiger partial charge is 0.488 e. The van der Waals surface area contributed by atoms with Crippen LogP contribution in [-0.4, -0.2) is 40.6 Å². The first kappa shape index (κ1) is 21.8. The first-order valence-corrected chi connectivity index (χ1v) is 11.9. The van der Waals surface area contributed by atoms with Crippen LogP contribution in [0.15, 0.2) is 41.8 Å². The number of ketones is 1. The van der Waals surface area contributed by atoms with Crippen LogP contribution in [0.2, 0.25) is 0 Å². The Morgan fingerprint density at radius 2 is 1.94 bits per heavy atom. The van der Waals surface area contributed by atoms with Crippen molar-refractivity contribution in [3.05, 3.63) is 63.4 Å². The molecule has 1 aromatic heterocycles. The van der Waals surface area contributed by atoms with E-state index in [4.69, 9.17) is 4.74 Å². The van der Waals surface area contributed by atoms with Gasteiger partial charge in [0.1, 0.15) is 12.4 Å². The molecule has 2 aliphatic rings. The molecule has 1 fully saturated rings. The molecule has 0 unspecified atom stereocenters. The highest BCUT2D eigenvalue weighted by atomic mass is 32.1. The van der Waals surface area contributed by atoms with Crippen molar-refractivity contribution in [2.75, 3.05) is 13.1 Å². The van der Waals surface area contributed by atoms with Crippen LogP contribution >= 0.6 is 11.3 Å². The van der Waals surface area contributed by atoms with Crippen molar-refractivity contribution >= 4 is 23.0 Å². The number of rotatable bonds is 8. The molecule has 1 aliphatic carbocycles. The van der Waals surface area contributed by atoms with Crippen LogP contribution in [0.3, 0.4) is 0 Å². The maximum Gasteiger partial charge on any atom is 0.255 e. The summed E-state index contributed by atoms with van der Waals surface area (Å²) in [6.45, 7) is 12.2. The molecule has 0 radical (unpaired) electrons. The number of Topliss-reactive ketones (excluding diaryl/α,β-unsaturated/α-hetero) is 1. The molecule has 1 atom stereocenters. The molecule has 164 valence electrons. The predicted molar refractivity (Wildman–Crippen MR) is 123 cm³/mol. The normalized spacial score (nSPS) is 18.7. The number of nitrogens with zero attached hydrogens (tertiary/aromatic N) is 2. The first-order chi connectivity index (χ1) is 15.0. The minimum Gasteiger partial charge on any atom is -0.488 e. The van der Waals surface area contributed by atoms with E-state index in [0.29, 0.717) is 26.0 Å². The number of hydrogen-bond acceptors (Lipinski definition) is 5. The molecule has 0 N–H and O–H groups in total. The summed E-state index contributed by atoms with van der Waals surface area (Å²) < 4.78 is 6.03. The summed E-state index contributed by atoms with van der Waals surface area (Å²) in [4.78, 5) is 30.5. The van der Waals surface area contributed by atoms with Crippen LogP contribution in [0.25, 0.3) is 0 Å². The summed E-state index contributed by atoms with van der Waals surface area (Å²) in [5.41, 5.74) is 3.99. The second-order valence-corrected chi connectivity index (χ2v) is 9.29. The van der Waals surface area contributed by atoms with Gasteiger partial charge >= 0.3 is 0 Å². The van der Waals surface area contributed by atoms with Crippen molar-refractivity contribution < 1.29 is 14.3 Å². The Balaban J connectivity index is 1.38.